The van der Waals surface area contributed by atoms with Gasteiger partial charge in [-0.3, -0.25) is 4.79 Å². The monoisotopic (exact) mass is 352 g/mol. The summed E-state index contributed by atoms with van der Waals surface area (Å²) in [5.74, 6) is 1.62. The van der Waals surface area contributed by atoms with E-state index in [1.54, 1.807) is 13.8 Å². The number of benzene rings is 1. The molecule has 122 valence electrons. The van der Waals surface area contributed by atoms with Crippen LogP contribution in [-0.2, 0) is 9.73 Å². The largest absolute Gasteiger partial charge is 0.454 e. The van der Waals surface area contributed by atoms with Crippen LogP contribution < -0.4 is 9.47 Å². The molecule has 0 saturated carbocycles. The van der Waals surface area contributed by atoms with Crippen LogP contribution >= 0.6 is 11.3 Å². The number of hydrogen-bond donors (Lipinski definition) is 0. The number of fused-ring (bicyclic) bond motifs is 1. The van der Waals surface area contributed by atoms with Crippen molar-refractivity contribution in [3.05, 3.63) is 29.3 Å². The highest BCUT2D eigenvalue weighted by Crippen LogP contribution is 2.37. The fourth-order valence-electron chi connectivity index (χ4n) is 2.07. The molecular weight excluding hydrogens is 336 g/mol. The molecule has 2 aromatic rings. The van der Waals surface area contributed by atoms with Crippen molar-refractivity contribution >= 4 is 27.0 Å². The summed E-state index contributed by atoms with van der Waals surface area (Å²) in [4.78, 5) is 16.8. The molecule has 6 nitrogen and oxygen atoms in total. The lowest BCUT2D eigenvalue weighted by Gasteiger charge is -2.01. The first-order valence-corrected chi connectivity index (χ1v) is 9.84. The van der Waals surface area contributed by atoms with E-state index in [2.05, 4.69) is 9.35 Å². The zero-order chi connectivity index (χ0) is 16.4. The second-order valence-electron chi connectivity index (χ2n) is 4.84. The van der Waals surface area contributed by atoms with E-state index in [4.69, 9.17) is 9.47 Å². The summed E-state index contributed by atoms with van der Waals surface area (Å²) >= 11 is 1.22. The third-order valence-electron chi connectivity index (χ3n) is 3.49. The Kier molecular flexibility index (Phi) is 4.36. The van der Waals surface area contributed by atoms with E-state index in [1.165, 1.54) is 17.5 Å². The van der Waals surface area contributed by atoms with Gasteiger partial charge in [-0.1, -0.05) is 13.8 Å². The van der Waals surface area contributed by atoms with E-state index in [9.17, 15) is 9.00 Å². The van der Waals surface area contributed by atoms with Gasteiger partial charge in [0.25, 0.3) is 5.91 Å². The third kappa shape index (κ3) is 3.23. The van der Waals surface area contributed by atoms with Crippen LogP contribution in [0, 0.1) is 0 Å². The fraction of sp³-hybridized carbons (Fsp3) is 0.333. The summed E-state index contributed by atoms with van der Waals surface area (Å²) in [5, 5.41) is 0.682. The zero-order valence-corrected chi connectivity index (χ0v) is 14.4. The van der Waals surface area contributed by atoms with Gasteiger partial charge < -0.3 is 9.47 Å². The average molecular weight is 352 g/mol. The Morgan fingerprint density at radius 3 is 2.78 bits per heavy atom. The van der Waals surface area contributed by atoms with Crippen molar-refractivity contribution in [2.45, 2.75) is 13.8 Å². The van der Waals surface area contributed by atoms with Gasteiger partial charge in [-0.05, 0) is 18.2 Å². The maximum Gasteiger partial charge on any atom is 0.296 e. The predicted molar refractivity (Wildman–Crippen MR) is 89.7 cm³/mol. The van der Waals surface area contributed by atoms with E-state index < -0.39 is 15.6 Å². The molecule has 1 aliphatic rings. The Bertz CT molecular complexity index is 856. The number of carbonyl (C=O) groups is 1. The third-order valence-corrected chi connectivity index (χ3v) is 6.82. The van der Waals surface area contributed by atoms with E-state index >= 15 is 0 Å². The van der Waals surface area contributed by atoms with E-state index in [-0.39, 0.29) is 6.79 Å². The van der Waals surface area contributed by atoms with Crippen LogP contribution in [0.15, 0.2) is 28.8 Å². The Balaban J connectivity index is 1.89. The first-order chi connectivity index (χ1) is 11.0. The van der Waals surface area contributed by atoms with Crippen molar-refractivity contribution in [3.8, 4) is 22.1 Å². The molecule has 2 heterocycles. The van der Waals surface area contributed by atoms with Gasteiger partial charge in [0.05, 0.1) is 15.9 Å². The number of ether oxygens (including phenoxy) is 2. The van der Waals surface area contributed by atoms with Crippen molar-refractivity contribution in [2.24, 2.45) is 4.36 Å². The van der Waals surface area contributed by atoms with Crippen molar-refractivity contribution in [3.63, 3.8) is 0 Å². The molecule has 1 aromatic heterocycles. The number of thiazole rings is 1. The SMILES string of the molecule is CCS(=O)(CC)=NC(=O)c1cnc(-c2ccc3c(c2)OCO3)s1. The topological polar surface area (TPSA) is 77.9 Å². The lowest BCUT2D eigenvalue weighted by atomic mass is 10.2. The quantitative estimate of drug-likeness (QED) is 0.844. The van der Waals surface area contributed by atoms with Crippen molar-refractivity contribution in [1.82, 2.24) is 4.98 Å². The van der Waals surface area contributed by atoms with Crippen LogP contribution in [0.5, 0.6) is 11.5 Å². The van der Waals surface area contributed by atoms with Crippen LogP contribution in [0.25, 0.3) is 10.6 Å². The van der Waals surface area contributed by atoms with Crippen LogP contribution in [0.3, 0.4) is 0 Å². The Hall–Kier alpha value is -1.93. The highest BCUT2D eigenvalue weighted by molar-refractivity contribution is 7.93. The maximum atomic E-state index is 12.3. The molecule has 0 radical (unpaired) electrons. The molecule has 8 heteroatoms. The lowest BCUT2D eigenvalue weighted by molar-refractivity contribution is 0.101. The molecule has 0 bridgehead atoms. The molecule has 1 aliphatic heterocycles. The second-order valence-corrected chi connectivity index (χ2v) is 8.76. The number of nitrogens with zero attached hydrogens (tertiary/aromatic N) is 2. The molecule has 0 unspecified atom stereocenters. The summed E-state index contributed by atoms with van der Waals surface area (Å²) in [6.45, 7) is 3.75. The van der Waals surface area contributed by atoms with Gasteiger partial charge in [0.1, 0.15) is 9.88 Å². The molecule has 1 aromatic carbocycles. The first kappa shape index (κ1) is 15.9. The van der Waals surface area contributed by atoms with Crippen LogP contribution in [0.1, 0.15) is 23.5 Å². The summed E-state index contributed by atoms with van der Waals surface area (Å²) in [7, 11) is -2.46. The highest BCUT2D eigenvalue weighted by atomic mass is 32.2. The summed E-state index contributed by atoms with van der Waals surface area (Å²) in [6.07, 6.45) is 1.47. The smallest absolute Gasteiger partial charge is 0.296 e. The average Bonchev–Trinajstić information content (AvgIpc) is 3.22. The molecule has 23 heavy (non-hydrogen) atoms. The Morgan fingerprint density at radius 2 is 2.04 bits per heavy atom. The van der Waals surface area contributed by atoms with Gasteiger partial charge in [0.15, 0.2) is 11.5 Å². The number of amides is 1. The van der Waals surface area contributed by atoms with Gasteiger partial charge in [-0.2, -0.15) is 4.36 Å². The standard InChI is InChI=1S/C15H16N2O4S2/c1-3-23(19,4-2)17-14(18)13-8-16-15(22-13)10-5-6-11-12(7-10)21-9-20-11/h5-8H,3-4,9H2,1-2H3. The van der Waals surface area contributed by atoms with Gasteiger partial charge in [-0.15, -0.1) is 11.3 Å². The molecule has 0 saturated heterocycles. The molecule has 0 atom stereocenters. The summed E-state index contributed by atoms with van der Waals surface area (Å²) in [6, 6.07) is 5.50. The maximum absolute atomic E-state index is 12.3. The molecule has 0 fully saturated rings. The predicted octanol–water partition coefficient (Wildman–Crippen LogP) is 3.19. The molecular formula is C15H16N2O4S2. The van der Waals surface area contributed by atoms with Crippen LogP contribution in [0.4, 0.5) is 0 Å². The number of rotatable bonds is 4. The minimum atomic E-state index is -2.46. The van der Waals surface area contributed by atoms with Crippen molar-refractivity contribution in [2.75, 3.05) is 18.3 Å². The van der Waals surface area contributed by atoms with Crippen LogP contribution in [0.2, 0.25) is 0 Å². The minimum absolute atomic E-state index is 0.210. The van der Waals surface area contributed by atoms with Gasteiger partial charge in [0.2, 0.25) is 6.79 Å². The van der Waals surface area contributed by atoms with E-state index in [0.717, 1.165) is 5.56 Å². The van der Waals surface area contributed by atoms with E-state index in [1.807, 2.05) is 18.2 Å². The van der Waals surface area contributed by atoms with Gasteiger partial charge in [0, 0.05) is 17.1 Å². The van der Waals surface area contributed by atoms with Crippen molar-refractivity contribution < 1.29 is 18.5 Å². The first-order valence-electron chi connectivity index (χ1n) is 7.17. The van der Waals surface area contributed by atoms with Crippen molar-refractivity contribution in [1.29, 1.82) is 0 Å². The molecule has 1 amide bonds. The molecule has 0 spiro atoms. The van der Waals surface area contributed by atoms with E-state index in [0.29, 0.717) is 32.9 Å². The van der Waals surface area contributed by atoms with Gasteiger partial charge in [-0.25, -0.2) is 9.19 Å². The Morgan fingerprint density at radius 1 is 1.30 bits per heavy atom. The van der Waals surface area contributed by atoms with Crippen LogP contribution in [-0.4, -0.2) is 33.4 Å². The number of aromatic nitrogens is 1. The normalized spacial score (nSPS) is 13.1. The lowest BCUT2D eigenvalue weighted by Crippen LogP contribution is -2.09. The summed E-state index contributed by atoms with van der Waals surface area (Å²) in [5.41, 5.74) is 0.838. The number of carbonyl (C=O) groups excluding carboxylic acids is 1. The molecule has 3 rings (SSSR count). The molecule has 0 N–H and O–H groups in total. The second kappa shape index (κ2) is 6.29. The number of hydrogen-bond acceptors (Lipinski definition) is 6. The minimum Gasteiger partial charge on any atom is -0.454 e. The highest BCUT2D eigenvalue weighted by Gasteiger charge is 2.17. The molecule has 0 aliphatic carbocycles. The zero-order valence-electron chi connectivity index (χ0n) is 12.8. The Labute approximate surface area is 138 Å². The van der Waals surface area contributed by atoms with Gasteiger partial charge >= 0.3 is 0 Å². The summed E-state index contributed by atoms with van der Waals surface area (Å²) < 4.78 is 26.8. The fourth-order valence-corrected chi connectivity index (χ4v) is 3.99.